The molecule has 1 aromatic carbocycles. The molecule has 0 saturated carbocycles. The lowest BCUT2D eigenvalue weighted by Crippen LogP contribution is -2.36. The Bertz CT molecular complexity index is 700. The van der Waals surface area contributed by atoms with Crippen LogP contribution in [0.1, 0.15) is 18.4 Å². The number of benzene rings is 1. The van der Waals surface area contributed by atoms with Crippen LogP contribution in [-0.2, 0) is 10.9 Å². The minimum absolute atomic E-state index is 0.355. The number of pyridine rings is 1. The third-order valence-corrected chi connectivity index (χ3v) is 4.39. The van der Waals surface area contributed by atoms with Crippen LogP contribution in [0.4, 0.5) is 18.9 Å². The van der Waals surface area contributed by atoms with Crippen LogP contribution >= 0.6 is 0 Å². The molecule has 0 amide bonds. The Kier molecular flexibility index (Phi) is 5.75. The lowest BCUT2D eigenvalue weighted by atomic mass is 10.1. The van der Waals surface area contributed by atoms with E-state index in [1.54, 1.807) is 12.3 Å². The number of hydrogen-bond donors (Lipinski definition) is 1. The summed E-state index contributed by atoms with van der Waals surface area (Å²) >= 11 is 0. The van der Waals surface area contributed by atoms with Crippen molar-refractivity contribution in [1.29, 1.82) is 0 Å². The van der Waals surface area contributed by atoms with Gasteiger partial charge in [0.15, 0.2) is 0 Å². The molecule has 0 atom stereocenters. The number of hydrogen-bond acceptors (Lipinski definition) is 4. The second kappa shape index (κ2) is 8.01. The van der Waals surface area contributed by atoms with Crippen LogP contribution in [0.5, 0.6) is 0 Å². The molecule has 2 aromatic rings. The van der Waals surface area contributed by atoms with Gasteiger partial charge in [0.25, 0.3) is 0 Å². The molecule has 25 heavy (non-hydrogen) atoms. The maximum absolute atomic E-state index is 12.8. The number of morpholine rings is 1. The smallest absolute Gasteiger partial charge is 0.384 e. The summed E-state index contributed by atoms with van der Waals surface area (Å²) in [6.07, 6.45) is -0.729. The molecule has 0 radical (unpaired) electrons. The fraction of sp³-hybridized carbons (Fsp3) is 0.500. The first kappa shape index (κ1) is 17.9. The van der Waals surface area contributed by atoms with Gasteiger partial charge >= 0.3 is 6.18 Å². The summed E-state index contributed by atoms with van der Waals surface area (Å²) in [5.41, 5.74) is 0.508. The van der Waals surface area contributed by atoms with E-state index in [1.807, 2.05) is 0 Å². The Labute approximate surface area is 145 Å². The quantitative estimate of drug-likeness (QED) is 0.802. The van der Waals surface area contributed by atoms with Gasteiger partial charge in [0.05, 0.1) is 24.3 Å². The molecule has 136 valence electrons. The van der Waals surface area contributed by atoms with Gasteiger partial charge in [-0.05, 0) is 37.6 Å². The van der Waals surface area contributed by atoms with Gasteiger partial charge in [0, 0.05) is 36.9 Å². The largest absolute Gasteiger partial charge is 0.416 e. The molecular formula is C18H22F3N3O. The van der Waals surface area contributed by atoms with Crippen LogP contribution < -0.4 is 5.32 Å². The van der Waals surface area contributed by atoms with Gasteiger partial charge in [0.2, 0.25) is 0 Å². The SMILES string of the molecule is FC(F)(F)c1ccc2c(NCCCCN3CCOCC3)ccnc2c1. The summed E-state index contributed by atoms with van der Waals surface area (Å²) in [4.78, 5) is 6.46. The van der Waals surface area contributed by atoms with E-state index in [4.69, 9.17) is 4.74 Å². The van der Waals surface area contributed by atoms with Gasteiger partial charge in [-0.15, -0.1) is 0 Å². The van der Waals surface area contributed by atoms with Crippen molar-refractivity contribution in [2.45, 2.75) is 19.0 Å². The highest BCUT2D eigenvalue weighted by atomic mass is 19.4. The van der Waals surface area contributed by atoms with Gasteiger partial charge < -0.3 is 10.1 Å². The fourth-order valence-corrected chi connectivity index (χ4v) is 2.99. The predicted molar refractivity (Wildman–Crippen MR) is 91.7 cm³/mol. The van der Waals surface area contributed by atoms with E-state index in [2.05, 4.69) is 15.2 Å². The van der Waals surface area contributed by atoms with Crippen LogP contribution in [0.2, 0.25) is 0 Å². The third kappa shape index (κ3) is 4.83. The fourth-order valence-electron chi connectivity index (χ4n) is 2.99. The van der Waals surface area contributed by atoms with Crippen LogP contribution in [0.15, 0.2) is 30.5 Å². The molecule has 0 aliphatic carbocycles. The molecule has 4 nitrogen and oxygen atoms in total. The molecule has 1 aromatic heterocycles. The van der Waals surface area contributed by atoms with Crippen molar-refractivity contribution >= 4 is 16.6 Å². The standard InChI is InChI=1S/C18H22F3N3O/c19-18(20,21)14-3-4-15-16(5-7-23-17(15)13-14)22-6-1-2-8-24-9-11-25-12-10-24/h3-5,7,13H,1-2,6,8-12H2,(H,22,23). The second-order valence-electron chi connectivity index (χ2n) is 6.18. The molecule has 2 heterocycles. The zero-order chi connectivity index (χ0) is 17.7. The first-order chi connectivity index (χ1) is 12.0. The molecule has 1 aliphatic rings. The molecule has 0 unspecified atom stereocenters. The molecule has 3 rings (SSSR count). The number of halogens is 3. The Balaban J connectivity index is 1.54. The summed E-state index contributed by atoms with van der Waals surface area (Å²) in [5.74, 6) is 0. The van der Waals surface area contributed by atoms with Crippen molar-refractivity contribution in [2.75, 3.05) is 44.7 Å². The lowest BCUT2D eigenvalue weighted by molar-refractivity contribution is -0.137. The van der Waals surface area contributed by atoms with E-state index in [1.165, 1.54) is 6.07 Å². The van der Waals surface area contributed by atoms with Gasteiger partial charge in [-0.25, -0.2) is 0 Å². The van der Waals surface area contributed by atoms with Crippen LogP contribution in [0.3, 0.4) is 0 Å². The predicted octanol–water partition coefficient (Wildman–Crippen LogP) is 3.78. The van der Waals surface area contributed by atoms with E-state index >= 15 is 0 Å². The zero-order valence-corrected chi connectivity index (χ0v) is 14.0. The van der Waals surface area contributed by atoms with Crippen molar-refractivity contribution < 1.29 is 17.9 Å². The van der Waals surface area contributed by atoms with Gasteiger partial charge in [0.1, 0.15) is 0 Å². The Hall–Kier alpha value is -1.86. The number of nitrogens with zero attached hydrogens (tertiary/aromatic N) is 2. The maximum Gasteiger partial charge on any atom is 0.416 e. The first-order valence-corrected chi connectivity index (χ1v) is 8.54. The van der Waals surface area contributed by atoms with E-state index < -0.39 is 11.7 Å². The highest BCUT2D eigenvalue weighted by Crippen LogP contribution is 2.32. The Morgan fingerprint density at radius 2 is 1.92 bits per heavy atom. The monoisotopic (exact) mass is 353 g/mol. The number of rotatable bonds is 6. The van der Waals surface area contributed by atoms with Gasteiger partial charge in [-0.1, -0.05) is 6.07 Å². The summed E-state index contributed by atoms with van der Waals surface area (Å²) in [6.45, 7) is 5.43. The summed E-state index contributed by atoms with van der Waals surface area (Å²) in [7, 11) is 0. The summed E-state index contributed by atoms with van der Waals surface area (Å²) < 4.78 is 43.7. The van der Waals surface area contributed by atoms with Crippen LogP contribution in [0, 0.1) is 0 Å². The average molecular weight is 353 g/mol. The molecule has 1 N–H and O–H groups in total. The van der Waals surface area contributed by atoms with Crippen molar-refractivity contribution in [3.8, 4) is 0 Å². The van der Waals surface area contributed by atoms with E-state index in [0.717, 1.165) is 70.1 Å². The number of anilines is 1. The minimum Gasteiger partial charge on any atom is -0.384 e. The van der Waals surface area contributed by atoms with Crippen molar-refractivity contribution in [3.63, 3.8) is 0 Å². The van der Waals surface area contributed by atoms with Gasteiger partial charge in [-0.2, -0.15) is 13.2 Å². The molecule has 0 spiro atoms. The van der Waals surface area contributed by atoms with E-state index in [9.17, 15) is 13.2 Å². The topological polar surface area (TPSA) is 37.4 Å². The minimum atomic E-state index is -4.35. The summed E-state index contributed by atoms with van der Waals surface area (Å²) in [6, 6.07) is 5.49. The number of aromatic nitrogens is 1. The van der Waals surface area contributed by atoms with Gasteiger partial charge in [-0.3, -0.25) is 9.88 Å². The number of alkyl halides is 3. The van der Waals surface area contributed by atoms with Crippen LogP contribution in [0.25, 0.3) is 10.9 Å². The van der Waals surface area contributed by atoms with Crippen molar-refractivity contribution in [2.24, 2.45) is 0 Å². The van der Waals surface area contributed by atoms with Crippen LogP contribution in [-0.4, -0.2) is 49.3 Å². The number of unbranched alkanes of at least 4 members (excludes halogenated alkanes) is 1. The number of ether oxygens (including phenoxy) is 1. The van der Waals surface area contributed by atoms with Crippen molar-refractivity contribution in [3.05, 3.63) is 36.0 Å². The Morgan fingerprint density at radius 3 is 2.68 bits per heavy atom. The van der Waals surface area contributed by atoms with E-state index in [0.29, 0.717) is 10.9 Å². The molecule has 7 heteroatoms. The second-order valence-corrected chi connectivity index (χ2v) is 6.18. The zero-order valence-electron chi connectivity index (χ0n) is 14.0. The Morgan fingerprint density at radius 1 is 1.12 bits per heavy atom. The maximum atomic E-state index is 12.8. The highest BCUT2D eigenvalue weighted by molar-refractivity contribution is 5.91. The molecule has 1 aliphatic heterocycles. The average Bonchev–Trinajstić information content (AvgIpc) is 2.61. The highest BCUT2D eigenvalue weighted by Gasteiger charge is 2.30. The third-order valence-electron chi connectivity index (χ3n) is 4.39. The molecule has 1 fully saturated rings. The lowest BCUT2D eigenvalue weighted by Gasteiger charge is -2.26. The number of fused-ring (bicyclic) bond motifs is 1. The molecular weight excluding hydrogens is 331 g/mol. The molecule has 1 saturated heterocycles. The summed E-state index contributed by atoms with van der Waals surface area (Å²) in [5, 5.41) is 4.03. The van der Waals surface area contributed by atoms with E-state index in [-0.39, 0.29) is 0 Å². The number of nitrogens with one attached hydrogen (secondary N) is 1. The first-order valence-electron chi connectivity index (χ1n) is 8.54. The normalized spacial score (nSPS) is 16.3. The van der Waals surface area contributed by atoms with Crippen molar-refractivity contribution in [1.82, 2.24) is 9.88 Å². The molecule has 0 bridgehead atoms.